The van der Waals surface area contributed by atoms with Crippen molar-refractivity contribution in [3.8, 4) is 0 Å². The van der Waals surface area contributed by atoms with Gasteiger partial charge in [-0.25, -0.2) is 19.2 Å². The van der Waals surface area contributed by atoms with Crippen LogP contribution in [0.25, 0.3) is 0 Å². The second kappa shape index (κ2) is 21.1. The van der Waals surface area contributed by atoms with Gasteiger partial charge in [0.15, 0.2) is 0 Å². The van der Waals surface area contributed by atoms with Gasteiger partial charge in [0.25, 0.3) is 0 Å². The largest absolute Gasteiger partial charge is 0.478 e. The van der Waals surface area contributed by atoms with E-state index in [1.54, 1.807) is 13.8 Å². The maximum absolute atomic E-state index is 10.4. The summed E-state index contributed by atoms with van der Waals surface area (Å²) in [5.41, 5.74) is -0.176. The van der Waals surface area contributed by atoms with E-state index in [-0.39, 0.29) is 54.1 Å². The summed E-state index contributed by atoms with van der Waals surface area (Å²) in [6.07, 6.45) is 3.83. The van der Waals surface area contributed by atoms with Gasteiger partial charge in [0.2, 0.25) is 0 Å². The molecule has 0 aliphatic carbocycles. The number of carboxylic acid groups (broad SMARTS) is 4. The normalized spacial score (nSPS) is 9.90. The molecule has 0 aliphatic heterocycles. The first-order valence-corrected chi connectivity index (χ1v) is 11.8. The molecular weight excluding hydrogens is 516 g/mol. The maximum Gasteiger partial charge on any atom is 0.335 e. The van der Waals surface area contributed by atoms with Crippen LogP contribution >= 0.6 is 0 Å². The van der Waals surface area contributed by atoms with Crippen LogP contribution in [0.3, 0.4) is 0 Å². The fourth-order valence-electron chi connectivity index (χ4n) is 2.17. The highest BCUT2D eigenvalue weighted by molar-refractivity contribution is 5.93. The molecule has 0 saturated heterocycles. The number of aliphatic hydroxyl groups is 4. The third-order valence-electron chi connectivity index (χ3n) is 4.66. The Bertz CT molecular complexity index is 926. The first-order valence-electron chi connectivity index (χ1n) is 11.8. The Morgan fingerprint density at radius 1 is 0.538 bits per heavy atom. The number of benzene rings is 2. The minimum atomic E-state index is -1.13. The van der Waals surface area contributed by atoms with E-state index in [0.29, 0.717) is 0 Å². The maximum atomic E-state index is 10.4. The topological polar surface area (TPSA) is 230 Å². The van der Waals surface area contributed by atoms with Crippen molar-refractivity contribution in [3.63, 3.8) is 0 Å². The van der Waals surface area contributed by atoms with E-state index in [9.17, 15) is 19.2 Å². The summed E-state index contributed by atoms with van der Waals surface area (Å²) in [5, 5.41) is 67.4. The first kappa shape index (κ1) is 37.3. The zero-order chi connectivity index (χ0) is 30.4. The molecule has 39 heavy (non-hydrogen) atoms. The van der Waals surface area contributed by atoms with Crippen LogP contribution < -0.4 is 0 Å². The first-order chi connectivity index (χ1) is 18.3. The van der Waals surface area contributed by atoms with Crippen LogP contribution in [0, 0.1) is 5.41 Å². The minimum Gasteiger partial charge on any atom is -0.478 e. The third-order valence-corrected chi connectivity index (χ3v) is 4.66. The summed E-state index contributed by atoms with van der Waals surface area (Å²) in [6, 6.07) is 10.2. The van der Waals surface area contributed by atoms with Gasteiger partial charge in [-0.3, -0.25) is 0 Å². The predicted octanol–water partition coefficient (Wildman–Crippen LogP) is 2.69. The van der Waals surface area contributed by atoms with Gasteiger partial charge in [0.1, 0.15) is 0 Å². The molecular formula is C27H38O12. The van der Waals surface area contributed by atoms with Crippen molar-refractivity contribution in [1.29, 1.82) is 0 Å². The number of carbonyl (C=O) groups is 4. The van der Waals surface area contributed by atoms with Crippen LogP contribution in [0.2, 0.25) is 0 Å². The molecule has 8 N–H and O–H groups in total. The van der Waals surface area contributed by atoms with E-state index in [2.05, 4.69) is 0 Å². The van der Waals surface area contributed by atoms with Gasteiger partial charge >= 0.3 is 23.9 Å². The molecule has 2 aromatic rings. The van der Waals surface area contributed by atoms with Crippen molar-refractivity contribution in [1.82, 2.24) is 0 Å². The number of hydrogen-bond donors (Lipinski definition) is 8. The summed E-state index contributed by atoms with van der Waals surface area (Å²) < 4.78 is 0. The molecule has 0 aliphatic rings. The van der Waals surface area contributed by atoms with E-state index < -0.39 is 23.9 Å². The molecule has 12 heteroatoms. The quantitative estimate of drug-likeness (QED) is 0.187. The van der Waals surface area contributed by atoms with Gasteiger partial charge in [0, 0.05) is 18.6 Å². The molecule has 0 amide bonds. The van der Waals surface area contributed by atoms with Crippen LogP contribution in [0.4, 0.5) is 0 Å². The van der Waals surface area contributed by atoms with Gasteiger partial charge in [-0.15, -0.1) is 0 Å². The zero-order valence-electron chi connectivity index (χ0n) is 22.0. The Kier molecular flexibility index (Phi) is 20.2. The highest BCUT2D eigenvalue weighted by Gasteiger charge is 2.13. The molecule has 0 radical (unpaired) electrons. The van der Waals surface area contributed by atoms with E-state index in [1.807, 2.05) is 0 Å². The molecule has 0 heterocycles. The lowest BCUT2D eigenvalue weighted by molar-refractivity contribution is 0.0681. The number of carboxylic acids is 4. The fourth-order valence-corrected chi connectivity index (χ4v) is 2.17. The summed E-state index contributed by atoms with van der Waals surface area (Å²) in [4.78, 5) is 41.4. The molecule has 2 rings (SSSR count). The van der Waals surface area contributed by atoms with Gasteiger partial charge in [-0.2, -0.15) is 0 Å². The second-order valence-electron chi connectivity index (χ2n) is 8.72. The van der Waals surface area contributed by atoms with Gasteiger partial charge < -0.3 is 40.9 Å². The van der Waals surface area contributed by atoms with Crippen molar-refractivity contribution >= 4 is 23.9 Å². The number of rotatable bonds is 11. The molecule has 12 nitrogen and oxygen atoms in total. The Balaban J connectivity index is 0. The van der Waals surface area contributed by atoms with Gasteiger partial charge in [-0.05, 0) is 55.3 Å². The van der Waals surface area contributed by atoms with E-state index in [0.717, 1.165) is 31.7 Å². The van der Waals surface area contributed by atoms with Crippen LogP contribution in [0.15, 0.2) is 48.5 Å². The minimum absolute atomic E-state index is 0.0186. The highest BCUT2D eigenvalue weighted by Crippen LogP contribution is 2.10. The standard InChI is InChI=1S/2C8H6O4.C6H14O2.C5H12O2/c9-7(10)5-1-2-6(4-3-5)8(11)12;9-7(10)5-2-1-3-6(4-5)8(11)12;7-5-3-1-2-4-6-8;1-5(2,3-6)4-7/h2*1-4H,(H,9,10)(H,11,12);7-8H,1-6H2;6-7H,3-4H2,1-2H3. The lowest BCUT2D eigenvalue weighted by atomic mass is 9.97. The summed E-state index contributed by atoms with van der Waals surface area (Å²) in [7, 11) is 0. The Morgan fingerprint density at radius 3 is 1.05 bits per heavy atom. The molecule has 0 saturated carbocycles. The Morgan fingerprint density at radius 2 is 0.846 bits per heavy atom. The zero-order valence-corrected chi connectivity index (χ0v) is 22.0. The lowest BCUT2D eigenvalue weighted by Crippen LogP contribution is -2.20. The monoisotopic (exact) mass is 554 g/mol. The van der Waals surface area contributed by atoms with E-state index in [1.165, 1.54) is 42.5 Å². The number of unbranched alkanes of at least 4 members (excludes halogenated alkanes) is 3. The second-order valence-corrected chi connectivity index (χ2v) is 8.72. The smallest absolute Gasteiger partial charge is 0.335 e. The third kappa shape index (κ3) is 19.0. The molecule has 0 fully saturated rings. The van der Waals surface area contributed by atoms with Gasteiger partial charge in [-0.1, -0.05) is 32.8 Å². The van der Waals surface area contributed by atoms with Crippen LogP contribution in [0.5, 0.6) is 0 Å². The molecule has 2 aromatic carbocycles. The van der Waals surface area contributed by atoms with Crippen LogP contribution in [0.1, 0.15) is 81.0 Å². The number of aliphatic hydroxyl groups excluding tert-OH is 4. The molecule has 0 unspecified atom stereocenters. The number of hydrogen-bond acceptors (Lipinski definition) is 8. The van der Waals surface area contributed by atoms with Crippen LogP contribution in [-0.2, 0) is 0 Å². The SMILES string of the molecule is CC(C)(CO)CO.O=C(O)c1ccc(C(=O)O)cc1.O=C(O)c1cccc(C(=O)O)c1.OCCCCCCO. The fraction of sp³-hybridized carbons (Fsp3) is 0.407. The Labute approximate surface area is 226 Å². The predicted molar refractivity (Wildman–Crippen MR) is 141 cm³/mol. The van der Waals surface area contributed by atoms with E-state index in [4.69, 9.17) is 40.9 Å². The van der Waals surface area contributed by atoms with Crippen molar-refractivity contribution in [2.24, 2.45) is 5.41 Å². The van der Waals surface area contributed by atoms with Crippen molar-refractivity contribution in [2.45, 2.75) is 39.5 Å². The molecule has 0 bridgehead atoms. The molecule has 0 atom stereocenters. The summed E-state index contributed by atoms with van der Waals surface area (Å²) in [5.74, 6) is -4.38. The van der Waals surface area contributed by atoms with Crippen molar-refractivity contribution in [2.75, 3.05) is 26.4 Å². The van der Waals surface area contributed by atoms with Crippen molar-refractivity contribution < 1.29 is 60.0 Å². The van der Waals surface area contributed by atoms with Crippen molar-refractivity contribution in [3.05, 3.63) is 70.8 Å². The molecule has 218 valence electrons. The Hall–Kier alpha value is -3.84. The van der Waals surface area contributed by atoms with Gasteiger partial charge in [0.05, 0.1) is 35.5 Å². The highest BCUT2D eigenvalue weighted by atomic mass is 16.4. The average Bonchev–Trinajstić information content (AvgIpc) is 2.92. The molecule has 0 spiro atoms. The average molecular weight is 555 g/mol. The summed E-state index contributed by atoms with van der Waals surface area (Å²) >= 11 is 0. The number of aromatic carboxylic acids is 4. The molecule has 0 aromatic heterocycles. The van der Waals surface area contributed by atoms with Crippen LogP contribution in [-0.4, -0.2) is 91.2 Å². The van der Waals surface area contributed by atoms with E-state index >= 15 is 0 Å². The summed E-state index contributed by atoms with van der Waals surface area (Å²) in [6.45, 7) is 4.25. The lowest BCUT2D eigenvalue weighted by Gasteiger charge is -2.16.